The van der Waals surface area contributed by atoms with Crippen LogP contribution >= 0.6 is 0 Å². The van der Waals surface area contributed by atoms with Crippen LogP contribution in [0.3, 0.4) is 0 Å². The molecular weight excluding hydrogens is 367 g/mol. The van der Waals surface area contributed by atoms with Crippen LogP contribution < -0.4 is 10.6 Å². The normalized spacial score (nSPS) is 15.3. The van der Waals surface area contributed by atoms with E-state index in [-0.39, 0.29) is 11.5 Å². The van der Waals surface area contributed by atoms with Gasteiger partial charge in [-0.2, -0.15) is 0 Å². The first kappa shape index (κ1) is 19.1. The molecule has 1 amide bonds. The molecule has 144 valence electrons. The Kier molecular flexibility index (Phi) is 5.12. The minimum Gasteiger partial charge on any atom is -0.419 e. The third kappa shape index (κ3) is 4.53. The van der Waals surface area contributed by atoms with E-state index in [1.165, 1.54) is 44.3 Å². The number of hydrogen-bond acceptors (Lipinski definition) is 6. The molecular formula is C20H17FN2O5. The van der Waals surface area contributed by atoms with Crippen molar-refractivity contribution in [1.29, 1.82) is 0 Å². The molecule has 1 fully saturated rings. The Morgan fingerprint density at radius 2 is 1.46 bits per heavy atom. The second kappa shape index (κ2) is 7.51. The summed E-state index contributed by atoms with van der Waals surface area (Å²) in [6.07, 6.45) is 1.19. The number of ether oxygens (including phenoxy) is 2. The molecule has 2 N–H and O–H groups in total. The highest BCUT2D eigenvalue weighted by atomic mass is 19.1. The average molecular weight is 384 g/mol. The number of cyclic esters (lactones) is 2. The van der Waals surface area contributed by atoms with Gasteiger partial charge in [-0.15, -0.1) is 0 Å². The molecule has 0 spiro atoms. The van der Waals surface area contributed by atoms with Crippen molar-refractivity contribution >= 4 is 29.2 Å². The summed E-state index contributed by atoms with van der Waals surface area (Å²) in [6, 6.07) is 11.7. The van der Waals surface area contributed by atoms with Gasteiger partial charge in [-0.1, -0.05) is 0 Å². The summed E-state index contributed by atoms with van der Waals surface area (Å²) in [7, 11) is 0. The van der Waals surface area contributed by atoms with E-state index in [0.717, 1.165) is 0 Å². The molecule has 1 aliphatic rings. The van der Waals surface area contributed by atoms with Crippen LogP contribution in [0.25, 0.3) is 0 Å². The number of carbonyl (C=O) groups excluding carboxylic acids is 3. The second-order valence-electron chi connectivity index (χ2n) is 6.42. The number of carbonyl (C=O) groups is 3. The molecule has 8 heteroatoms. The topological polar surface area (TPSA) is 93.7 Å². The largest absolute Gasteiger partial charge is 0.419 e. The van der Waals surface area contributed by atoms with Crippen molar-refractivity contribution < 1.29 is 28.2 Å². The van der Waals surface area contributed by atoms with Gasteiger partial charge in [-0.25, -0.2) is 14.0 Å². The number of amides is 1. The van der Waals surface area contributed by atoms with Crippen LogP contribution in [0.4, 0.5) is 15.8 Å². The van der Waals surface area contributed by atoms with E-state index >= 15 is 0 Å². The first-order chi connectivity index (χ1) is 13.2. The Bertz CT molecular complexity index is 928. The number of esters is 2. The fourth-order valence-corrected chi connectivity index (χ4v) is 2.39. The van der Waals surface area contributed by atoms with E-state index in [4.69, 9.17) is 9.47 Å². The van der Waals surface area contributed by atoms with Crippen molar-refractivity contribution in [3.8, 4) is 0 Å². The van der Waals surface area contributed by atoms with Crippen LogP contribution in [0.2, 0.25) is 0 Å². The van der Waals surface area contributed by atoms with Gasteiger partial charge in [0.05, 0.1) is 0 Å². The van der Waals surface area contributed by atoms with Gasteiger partial charge in [0.15, 0.2) is 5.57 Å². The molecule has 2 aromatic rings. The molecule has 28 heavy (non-hydrogen) atoms. The first-order valence-corrected chi connectivity index (χ1v) is 8.34. The molecule has 0 aromatic heterocycles. The molecule has 1 heterocycles. The van der Waals surface area contributed by atoms with E-state index < -0.39 is 23.5 Å². The standard InChI is InChI=1S/C20H17FN2O5/c1-20(2)27-18(25)16(19(26)28-20)11-22-14-7-3-12(4-8-14)17(24)23-15-9-5-13(21)6-10-15/h3-11,22H,1-2H3,(H,23,24). The average Bonchev–Trinajstić information content (AvgIpc) is 2.62. The lowest BCUT2D eigenvalue weighted by Gasteiger charge is -2.29. The first-order valence-electron chi connectivity index (χ1n) is 8.34. The number of rotatable bonds is 4. The van der Waals surface area contributed by atoms with Gasteiger partial charge in [0.2, 0.25) is 0 Å². The van der Waals surface area contributed by atoms with Crippen molar-refractivity contribution in [2.45, 2.75) is 19.6 Å². The smallest absolute Gasteiger partial charge is 0.350 e. The monoisotopic (exact) mass is 384 g/mol. The summed E-state index contributed by atoms with van der Waals surface area (Å²) in [5, 5.41) is 5.44. The fraction of sp³-hybridized carbons (Fsp3) is 0.150. The number of halogens is 1. The zero-order valence-corrected chi connectivity index (χ0v) is 15.1. The van der Waals surface area contributed by atoms with Crippen molar-refractivity contribution in [2.75, 3.05) is 10.6 Å². The summed E-state index contributed by atoms with van der Waals surface area (Å²) < 4.78 is 22.9. The zero-order valence-electron chi connectivity index (χ0n) is 15.1. The van der Waals surface area contributed by atoms with Crippen molar-refractivity contribution in [2.24, 2.45) is 0 Å². The summed E-state index contributed by atoms with van der Waals surface area (Å²) in [5.41, 5.74) is 1.12. The summed E-state index contributed by atoms with van der Waals surface area (Å²) in [5.74, 6) is -3.63. The maximum Gasteiger partial charge on any atom is 0.350 e. The van der Waals surface area contributed by atoms with Crippen molar-refractivity contribution in [1.82, 2.24) is 0 Å². The summed E-state index contributed by atoms with van der Waals surface area (Å²) >= 11 is 0. The lowest BCUT2D eigenvalue weighted by Crippen LogP contribution is -2.42. The predicted octanol–water partition coefficient (Wildman–Crippen LogP) is 3.21. The van der Waals surface area contributed by atoms with Crippen LogP contribution in [0.15, 0.2) is 60.3 Å². The fourth-order valence-electron chi connectivity index (χ4n) is 2.39. The number of benzene rings is 2. The van der Waals surface area contributed by atoms with Gasteiger partial charge < -0.3 is 20.1 Å². The molecule has 2 aromatic carbocycles. The molecule has 0 saturated carbocycles. The molecule has 0 unspecified atom stereocenters. The molecule has 1 aliphatic heterocycles. The molecule has 3 rings (SSSR count). The number of hydrogen-bond donors (Lipinski definition) is 2. The molecule has 7 nitrogen and oxygen atoms in total. The van der Waals surface area contributed by atoms with Gasteiger partial charge in [0.25, 0.3) is 11.7 Å². The van der Waals surface area contributed by atoms with Crippen molar-refractivity contribution in [3.05, 3.63) is 71.7 Å². The predicted molar refractivity (Wildman–Crippen MR) is 98.8 cm³/mol. The van der Waals surface area contributed by atoms with Gasteiger partial charge in [-0.05, 0) is 48.5 Å². The Labute approximate surface area is 160 Å². The van der Waals surface area contributed by atoms with E-state index in [9.17, 15) is 18.8 Å². The maximum absolute atomic E-state index is 12.9. The third-order valence-corrected chi connectivity index (χ3v) is 3.75. The Morgan fingerprint density at radius 3 is 2.04 bits per heavy atom. The van der Waals surface area contributed by atoms with Crippen LogP contribution in [-0.4, -0.2) is 23.6 Å². The lowest BCUT2D eigenvalue weighted by atomic mass is 10.2. The quantitative estimate of drug-likeness (QED) is 0.478. The molecule has 0 bridgehead atoms. The molecule has 0 atom stereocenters. The summed E-state index contributed by atoms with van der Waals surface area (Å²) in [6.45, 7) is 2.92. The van der Waals surface area contributed by atoms with E-state index in [0.29, 0.717) is 16.9 Å². The minimum atomic E-state index is -1.30. The molecule has 0 radical (unpaired) electrons. The van der Waals surface area contributed by atoms with Crippen LogP contribution in [-0.2, 0) is 19.1 Å². The van der Waals surface area contributed by atoms with Crippen molar-refractivity contribution in [3.63, 3.8) is 0 Å². The van der Waals surface area contributed by atoms with Crippen LogP contribution in [0.5, 0.6) is 0 Å². The maximum atomic E-state index is 12.9. The van der Waals surface area contributed by atoms with E-state index in [1.54, 1.807) is 24.3 Å². The number of anilines is 2. The van der Waals surface area contributed by atoms with Crippen LogP contribution in [0, 0.1) is 5.82 Å². The lowest BCUT2D eigenvalue weighted by molar-refractivity contribution is -0.222. The third-order valence-electron chi connectivity index (χ3n) is 3.75. The highest BCUT2D eigenvalue weighted by Crippen LogP contribution is 2.23. The molecule has 1 saturated heterocycles. The Balaban J connectivity index is 1.64. The number of nitrogens with one attached hydrogen (secondary N) is 2. The van der Waals surface area contributed by atoms with Gasteiger partial charge in [0, 0.05) is 37.0 Å². The second-order valence-corrected chi connectivity index (χ2v) is 6.42. The Morgan fingerprint density at radius 1 is 0.929 bits per heavy atom. The minimum absolute atomic E-state index is 0.266. The van der Waals surface area contributed by atoms with E-state index in [2.05, 4.69) is 10.6 Å². The highest BCUT2D eigenvalue weighted by molar-refractivity contribution is 6.15. The van der Waals surface area contributed by atoms with E-state index in [1.807, 2.05) is 0 Å². The van der Waals surface area contributed by atoms with Gasteiger partial charge >= 0.3 is 11.9 Å². The van der Waals surface area contributed by atoms with Crippen LogP contribution in [0.1, 0.15) is 24.2 Å². The SMILES string of the molecule is CC1(C)OC(=O)C(=CNc2ccc(C(=O)Nc3ccc(F)cc3)cc2)C(=O)O1. The Hall–Kier alpha value is -3.68. The molecule has 0 aliphatic carbocycles. The summed E-state index contributed by atoms with van der Waals surface area (Å²) in [4.78, 5) is 35.9. The van der Waals surface area contributed by atoms with Gasteiger partial charge in [0.1, 0.15) is 5.82 Å². The zero-order chi connectivity index (χ0) is 20.3. The van der Waals surface area contributed by atoms with Gasteiger partial charge in [-0.3, -0.25) is 4.79 Å². The highest BCUT2D eigenvalue weighted by Gasteiger charge is 2.38.